The summed E-state index contributed by atoms with van der Waals surface area (Å²) in [5.41, 5.74) is 2.10. The maximum absolute atomic E-state index is 12.9. The normalized spacial score (nSPS) is 15.4. The fourth-order valence-electron chi connectivity index (χ4n) is 3.95. The molecule has 4 heterocycles. The van der Waals surface area contributed by atoms with Crippen molar-refractivity contribution in [2.24, 2.45) is 0 Å². The van der Waals surface area contributed by atoms with Crippen molar-refractivity contribution in [1.29, 1.82) is 0 Å². The number of aryl methyl sites for hydroxylation is 2. The maximum atomic E-state index is 12.9. The van der Waals surface area contributed by atoms with Crippen LogP contribution in [0.4, 0.5) is 5.69 Å². The van der Waals surface area contributed by atoms with Crippen LogP contribution in [0.3, 0.4) is 0 Å². The average Bonchev–Trinajstić information content (AvgIpc) is 3.29. The van der Waals surface area contributed by atoms with E-state index in [4.69, 9.17) is 9.72 Å². The zero-order valence-corrected chi connectivity index (χ0v) is 18.8. The van der Waals surface area contributed by atoms with Crippen molar-refractivity contribution in [2.45, 2.75) is 20.4 Å². The number of thiophene rings is 1. The largest absolute Gasteiger partial charge is 0.495 e. The molecule has 1 fully saturated rings. The monoisotopic (exact) mass is 441 g/mol. The molecule has 0 N–H and O–H groups in total. The Morgan fingerprint density at radius 3 is 2.63 bits per heavy atom. The molecule has 0 bridgehead atoms. The van der Waals surface area contributed by atoms with Gasteiger partial charge in [0.15, 0.2) is 0 Å². The molecule has 3 aromatic heterocycles. The summed E-state index contributed by atoms with van der Waals surface area (Å²) in [6.07, 6.45) is 0. The summed E-state index contributed by atoms with van der Waals surface area (Å²) in [7, 11) is 1.71. The highest BCUT2D eigenvalue weighted by Crippen LogP contribution is 2.29. The Bertz CT molecular complexity index is 1280. The topological polar surface area (TPSA) is 63.0 Å². The van der Waals surface area contributed by atoms with Crippen molar-refractivity contribution < 1.29 is 4.74 Å². The highest BCUT2D eigenvalue weighted by Gasteiger charge is 2.22. The smallest absolute Gasteiger partial charge is 0.284 e. The van der Waals surface area contributed by atoms with Crippen molar-refractivity contribution in [2.75, 3.05) is 38.2 Å². The van der Waals surface area contributed by atoms with Crippen LogP contribution in [0.2, 0.25) is 0 Å². The lowest BCUT2D eigenvalue weighted by molar-refractivity contribution is 0.248. The lowest BCUT2D eigenvalue weighted by Crippen LogP contribution is -2.46. The number of aromatic nitrogens is 3. The number of hydrogen-bond donors (Lipinski definition) is 0. The fourth-order valence-corrected chi connectivity index (χ4v) is 5.96. The van der Waals surface area contributed by atoms with E-state index in [9.17, 15) is 4.79 Å². The lowest BCUT2D eigenvalue weighted by atomic mass is 10.2. The van der Waals surface area contributed by atoms with Gasteiger partial charge in [-0.25, -0.2) is 4.98 Å². The quantitative estimate of drug-likeness (QED) is 0.484. The zero-order valence-electron chi connectivity index (χ0n) is 17.2. The molecule has 0 spiro atoms. The molecule has 4 aromatic rings. The molecule has 0 amide bonds. The highest BCUT2D eigenvalue weighted by atomic mass is 32.1. The van der Waals surface area contributed by atoms with Crippen molar-refractivity contribution in [3.63, 3.8) is 0 Å². The van der Waals surface area contributed by atoms with Crippen molar-refractivity contribution >= 4 is 43.5 Å². The first-order chi connectivity index (χ1) is 14.5. The first kappa shape index (κ1) is 19.5. The summed E-state index contributed by atoms with van der Waals surface area (Å²) in [6.45, 7) is 8.48. The van der Waals surface area contributed by atoms with Gasteiger partial charge in [-0.05, 0) is 31.5 Å². The van der Waals surface area contributed by atoms with Crippen LogP contribution in [0.25, 0.3) is 15.2 Å². The number of para-hydroxylation sites is 2. The molecule has 0 aliphatic carbocycles. The van der Waals surface area contributed by atoms with Gasteiger partial charge in [-0.3, -0.25) is 9.69 Å². The number of methoxy groups -OCH3 is 1. The summed E-state index contributed by atoms with van der Waals surface area (Å²) in [4.78, 5) is 25.0. The van der Waals surface area contributed by atoms with E-state index in [1.807, 2.05) is 32.0 Å². The predicted octanol–water partition coefficient (Wildman–Crippen LogP) is 3.31. The molecule has 1 aromatic carbocycles. The van der Waals surface area contributed by atoms with E-state index < -0.39 is 0 Å². The number of benzene rings is 1. The minimum Gasteiger partial charge on any atom is -0.495 e. The molecule has 0 atom stereocenters. The third-order valence-electron chi connectivity index (χ3n) is 5.73. The summed E-state index contributed by atoms with van der Waals surface area (Å²) in [5.74, 6) is 0.910. The number of hydrogen-bond acceptors (Lipinski definition) is 8. The Balaban J connectivity index is 1.34. The Morgan fingerprint density at radius 1 is 1.10 bits per heavy atom. The third-order valence-corrected chi connectivity index (χ3v) is 7.72. The summed E-state index contributed by atoms with van der Waals surface area (Å²) in [5, 5.41) is 6.23. The molecule has 1 saturated heterocycles. The van der Waals surface area contributed by atoms with Crippen molar-refractivity contribution in [3.05, 3.63) is 50.1 Å². The standard InChI is InChI=1S/C21H23N5O2S2/c1-13-14(2)29-19-18(13)20(27)26-21(22-19)30-17(23-26)12-24-8-10-25(11-9-24)15-6-4-5-7-16(15)28-3/h4-7H,8-12H2,1-3H3. The number of piperazine rings is 1. The molecule has 30 heavy (non-hydrogen) atoms. The average molecular weight is 442 g/mol. The third kappa shape index (κ3) is 3.27. The molecule has 156 valence electrons. The molecule has 0 unspecified atom stereocenters. The van der Waals surface area contributed by atoms with Crippen LogP contribution in [0.15, 0.2) is 29.1 Å². The number of anilines is 1. The van der Waals surface area contributed by atoms with Crippen molar-refractivity contribution in [1.82, 2.24) is 19.5 Å². The zero-order chi connectivity index (χ0) is 20.8. The SMILES string of the molecule is COc1ccccc1N1CCN(Cc2nn3c(=O)c4c(C)c(C)sc4nc3s2)CC1. The van der Waals surface area contributed by atoms with Crippen LogP contribution in [-0.2, 0) is 6.54 Å². The van der Waals surface area contributed by atoms with Crippen LogP contribution in [0, 0.1) is 13.8 Å². The Labute approximate surface area is 182 Å². The molecular weight excluding hydrogens is 418 g/mol. The van der Waals surface area contributed by atoms with Gasteiger partial charge in [0, 0.05) is 31.1 Å². The maximum Gasteiger partial charge on any atom is 0.284 e. The van der Waals surface area contributed by atoms with Gasteiger partial charge in [0.05, 0.1) is 24.7 Å². The first-order valence-corrected chi connectivity index (χ1v) is 11.6. The van der Waals surface area contributed by atoms with E-state index in [2.05, 4.69) is 21.0 Å². The molecule has 1 aliphatic rings. The minimum atomic E-state index is -0.0552. The summed E-state index contributed by atoms with van der Waals surface area (Å²) < 4.78 is 6.98. The van der Waals surface area contributed by atoms with Crippen LogP contribution in [0.5, 0.6) is 5.75 Å². The van der Waals surface area contributed by atoms with Gasteiger partial charge in [0.2, 0.25) is 4.96 Å². The first-order valence-electron chi connectivity index (χ1n) is 9.94. The number of ether oxygens (including phenoxy) is 1. The lowest BCUT2D eigenvalue weighted by Gasteiger charge is -2.36. The van der Waals surface area contributed by atoms with Gasteiger partial charge in [-0.2, -0.15) is 9.61 Å². The van der Waals surface area contributed by atoms with E-state index >= 15 is 0 Å². The molecule has 1 aliphatic heterocycles. The molecule has 9 heteroatoms. The second-order valence-electron chi connectivity index (χ2n) is 7.51. The minimum absolute atomic E-state index is 0.0552. The van der Waals surface area contributed by atoms with Crippen molar-refractivity contribution in [3.8, 4) is 5.75 Å². The number of nitrogens with zero attached hydrogens (tertiary/aromatic N) is 5. The van der Waals surface area contributed by atoms with E-state index in [1.165, 1.54) is 15.9 Å². The second kappa shape index (κ2) is 7.64. The van der Waals surface area contributed by atoms with E-state index in [-0.39, 0.29) is 5.56 Å². The van der Waals surface area contributed by atoms with Gasteiger partial charge in [-0.15, -0.1) is 11.3 Å². The van der Waals surface area contributed by atoms with Crippen LogP contribution in [0.1, 0.15) is 15.4 Å². The van der Waals surface area contributed by atoms with Crippen LogP contribution >= 0.6 is 22.7 Å². The van der Waals surface area contributed by atoms with E-state index in [1.54, 1.807) is 18.4 Å². The van der Waals surface area contributed by atoms with Gasteiger partial charge >= 0.3 is 0 Å². The fraction of sp³-hybridized carbons (Fsp3) is 0.381. The number of rotatable bonds is 4. The molecular formula is C21H23N5O2S2. The molecule has 5 rings (SSSR count). The predicted molar refractivity (Wildman–Crippen MR) is 122 cm³/mol. The van der Waals surface area contributed by atoms with E-state index in [0.717, 1.165) is 64.4 Å². The van der Waals surface area contributed by atoms with Crippen LogP contribution in [-0.4, -0.2) is 52.8 Å². The molecule has 0 saturated carbocycles. The Kier molecular flexibility index (Phi) is 4.96. The second-order valence-corrected chi connectivity index (χ2v) is 9.75. The van der Waals surface area contributed by atoms with Gasteiger partial charge in [0.25, 0.3) is 5.56 Å². The molecule has 0 radical (unpaired) electrons. The Morgan fingerprint density at radius 2 is 1.87 bits per heavy atom. The summed E-state index contributed by atoms with van der Waals surface area (Å²) in [6, 6.07) is 8.15. The Hall–Kier alpha value is -2.49. The van der Waals surface area contributed by atoms with Gasteiger partial charge in [0.1, 0.15) is 15.6 Å². The van der Waals surface area contributed by atoms with Crippen LogP contribution < -0.4 is 15.2 Å². The number of fused-ring (bicyclic) bond motifs is 2. The molecule has 7 nitrogen and oxygen atoms in total. The van der Waals surface area contributed by atoms with Gasteiger partial charge < -0.3 is 9.64 Å². The highest BCUT2D eigenvalue weighted by molar-refractivity contribution is 7.19. The van der Waals surface area contributed by atoms with Gasteiger partial charge in [-0.1, -0.05) is 23.5 Å². The van der Waals surface area contributed by atoms with E-state index in [0.29, 0.717) is 10.3 Å². The summed E-state index contributed by atoms with van der Waals surface area (Å²) >= 11 is 3.09.